The average Bonchev–Trinajstić information content (AvgIpc) is 3.13. The molecule has 5 nitrogen and oxygen atoms in total. The summed E-state index contributed by atoms with van der Waals surface area (Å²) in [5.74, 6) is 0.0894. The number of benzene rings is 2. The summed E-state index contributed by atoms with van der Waals surface area (Å²) < 4.78 is 5.64. The molecular formula is C21H19ClN2O3. The monoisotopic (exact) mass is 382 g/mol. The SMILES string of the molecule is Cc1ccc(NC(=O)CN(C)C(=O)c2ccc(-c3ccc(Cl)cc3)o2)cc1. The molecule has 0 aliphatic heterocycles. The Morgan fingerprint density at radius 1 is 1.00 bits per heavy atom. The molecule has 3 aromatic rings. The first-order chi connectivity index (χ1) is 12.9. The zero-order valence-corrected chi connectivity index (χ0v) is 15.8. The summed E-state index contributed by atoms with van der Waals surface area (Å²) in [6.07, 6.45) is 0. The van der Waals surface area contributed by atoms with Crippen LogP contribution in [0.3, 0.4) is 0 Å². The third-order valence-corrected chi connectivity index (χ3v) is 4.26. The lowest BCUT2D eigenvalue weighted by atomic mass is 10.2. The summed E-state index contributed by atoms with van der Waals surface area (Å²) in [7, 11) is 1.56. The standard InChI is InChI=1S/C21H19ClN2O3/c1-14-3-9-17(10-4-14)23-20(25)13-24(2)21(26)19-12-11-18(27-19)15-5-7-16(22)8-6-15/h3-12H,13H2,1-2H3,(H,23,25). The Kier molecular flexibility index (Phi) is 5.62. The van der Waals surface area contributed by atoms with Gasteiger partial charge in [-0.15, -0.1) is 0 Å². The van der Waals surface area contributed by atoms with E-state index in [1.54, 1.807) is 31.3 Å². The number of halogens is 1. The van der Waals surface area contributed by atoms with Crippen molar-refractivity contribution in [1.82, 2.24) is 4.90 Å². The fourth-order valence-corrected chi connectivity index (χ4v) is 2.66. The van der Waals surface area contributed by atoms with Gasteiger partial charge in [-0.2, -0.15) is 0 Å². The second kappa shape index (κ2) is 8.10. The van der Waals surface area contributed by atoms with Crippen molar-refractivity contribution in [2.75, 3.05) is 18.9 Å². The molecule has 0 saturated heterocycles. The molecule has 2 aromatic carbocycles. The highest BCUT2D eigenvalue weighted by atomic mass is 35.5. The summed E-state index contributed by atoms with van der Waals surface area (Å²) in [6.45, 7) is 1.89. The molecule has 1 N–H and O–H groups in total. The predicted octanol–water partition coefficient (Wildman–Crippen LogP) is 4.62. The first-order valence-corrected chi connectivity index (χ1v) is 8.78. The molecule has 0 radical (unpaired) electrons. The van der Waals surface area contributed by atoms with E-state index in [4.69, 9.17) is 16.0 Å². The number of anilines is 1. The fraction of sp³-hybridized carbons (Fsp3) is 0.143. The lowest BCUT2D eigenvalue weighted by molar-refractivity contribution is -0.116. The first-order valence-electron chi connectivity index (χ1n) is 8.40. The van der Waals surface area contributed by atoms with Crippen LogP contribution in [0.4, 0.5) is 5.69 Å². The Morgan fingerprint density at radius 2 is 1.67 bits per heavy atom. The van der Waals surface area contributed by atoms with Gasteiger partial charge in [0.25, 0.3) is 5.91 Å². The lowest BCUT2D eigenvalue weighted by Crippen LogP contribution is -2.34. The van der Waals surface area contributed by atoms with Gasteiger partial charge in [-0.3, -0.25) is 9.59 Å². The predicted molar refractivity (Wildman–Crippen MR) is 106 cm³/mol. The molecule has 27 heavy (non-hydrogen) atoms. The number of nitrogens with one attached hydrogen (secondary N) is 1. The molecule has 0 spiro atoms. The largest absolute Gasteiger partial charge is 0.451 e. The van der Waals surface area contributed by atoms with Crippen LogP contribution in [0.15, 0.2) is 65.1 Å². The molecule has 0 unspecified atom stereocenters. The number of carbonyl (C=O) groups is 2. The summed E-state index contributed by atoms with van der Waals surface area (Å²) in [6, 6.07) is 17.9. The van der Waals surface area contributed by atoms with Crippen LogP contribution in [0.1, 0.15) is 16.1 Å². The number of carbonyl (C=O) groups excluding carboxylic acids is 2. The normalized spacial score (nSPS) is 10.5. The van der Waals surface area contributed by atoms with E-state index >= 15 is 0 Å². The Morgan fingerprint density at radius 3 is 2.33 bits per heavy atom. The number of nitrogens with zero attached hydrogens (tertiary/aromatic N) is 1. The van der Waals surface area contributed by atoms with E-state index in [0.717, 1.165) is 11.1 Å². The van der Waals surface area contributed by atoms with Gasteiger partial charge in [0.05, 0.1) is 6.54 Å². The molecule has 0 fully saturated rings. The van der Waals surface area contributed by atoms with Crippen molar-refractivity contribution in [1.29, 1.82) is 0 Å². The molecule has 2 amide bonds. The van der Waals surface area contributed by atoms with Gasteiger partial charge in [0.1, 0.15) is 5.76 Å². The van der Waals surface area contributed by atoms with E-state index < -0.39 is 0 Å². The highest BCUT2D eigenvalue weighted by molar-refractivity contribution is 6.30. The Balaban J connectivity index is 1.62. The van der Waals surface area contributed by atoms with Gasteiger partial charge < -0.3 is 14.6 Å². The molecule has 138 valence electrons. The molecule has 1 heterocycles. The molecule has 0 saturated carbocycles. The highest BCUT2D eigenvalue weighted by Gasteiger charge is 2.19. The van der Waals surface area contributed by atoms with Crippen molar-refractivity contribution in [3.05, 3.63) is 77.0 Å². The van der Waals surface area contributed by atoms with E-state index in [1.807, 2.05) is 43.3 Å². The lowest BCUT2D eigenvalue weighted by Gasteiger charge is -2.15. The van der Waals surface area contributed by atoms with E-state index in [0.29, 0.717) is 16.5 Å². The van der Waals surface area contributed by atoms with Crippen LogP contribution in [0.2, 0.25) is 5.02 Å². The quantitative estimate of drug-likeness (QED) is 0.700. The number of aryl methyl sites for hydroxylation is 1. The van der Waals surface area contributed by atoms with Gasteiger partial charge in [-0.1, -0.05) is 29.3 Å². The third-order valence-electron chi connectivity index (χ3n) is 4.01. The molecule has 6 heteroatoms. The number of hydrogen-bond acceptors (Lipinski definition) is 3. The molecular weight excluding hydrogens is 364 g/mol. The summed E-state index contributed by atoms with van der Waals surface area (Å²) in [5.41, 5.74) is 2.61. The van der Waals surface area contributed by atoms with E-state index in [-0.39, 0.29) is 24.1 Å². The maximum Gasteiger partial charge on any atom is 0.289 e. The third kappa shape index (κ3) is 4.77. The van der Waals surface area contributed by atoms with E-state index in [9.17, 15) is 9.59 Å². The molecule has 3 rings (SSSR count). The zero-order valence-electron chi connectivity index (χ0n) is 15.0. The van der Waals surface area contributed by atoms with Crippen molar-refractivity contribution in [2.24, 2.45) is 0 Å². The highest BCUT2D eigenvalue weighted by Crippen LogP contribution is 2.24. The summed E-state index contributed by atoms with van der Waals surface area (Å²) >= 11 is 5.88. The minimum atomic E-state index is -0.366. The van der Waals surface area contributed by atoms with Gasteiger partial charge in [0.15, 0.2) is 5.76 Å². The van der Waals surface area contributed by atoms with Crippen LogP contribution < -0.4 is 5.32 Å². The van der Waals surface area contributed by atoms with Gasteiger partial charge >= 0.3 is 0 Å². The van der Waals surface area contributed by atoms with Crippen LogP contribution in [-0.4, -0.2) is 30.3 Å². The van der Waals surface area contributed by atoms with E-state index in [2.05, 4.69) is 5.32 Å². The molecule has 1 aromatic heterocycles. The Labute approximate surface area is 162 Å². The topological polar surface area (TPSA) is 62.6 Å². The fourth-order valence-electron chi connectivity index (χ4n) is 2.53. The number of likely N-dealkylation sites (N-methyl/N-ethyl adjacent to an activating group) is 1. The van der Waals surface area contributed by atoms with Crippen LogP contribution in [0.5, 0.6) is 0 Å². The number of amides is 2. The number of furan rings is 1. The Hall–Kier alpha value is -3.05. The smallest absolute Gasteiger partial charge is 0.289 e. The first kappa shape index (κ1) is 18.7. The van der Waals surface area contributed by atoms with Crippen LogP contribution in [0.25, 0.3) is 11.3 Å². The van der Waals surface area contributed by atoms with Gasteiger partial charge in [0, 0.05) is 23.3 Å². The second-order valence-electron chi connectivity index (χ2n) is 6.25. The molecule has 0 aliphatic carbocycles. The zero-order chi connectivity index (χ0) is 19.4. The van der Waals surface area contributed by atoms with Crippen LogP contribution in [-0.2, 0) is 4.79 Å². The minimum absolute atomic E-state index is 0.0797. The second-order valence-corrected chi connectivity index (χ2v) is 6.68. The maximum atomic E-state index is 12.5. The number of rotatable bonds is 5. The van der Waals surface area contributed by atoms with Crippen molar-refractivity contribution in [3.8, 4) is 11.3 Å². The van der Waals surface area contributed by atoms with Gasteiger partial charge in [0.2, 0.25) is 5.91 Å². The molecule has 0 bridgehead atoms. The average molecular weight is 383 g/mol. The van der Waals surface area contributed by atoms with E-state index in [1.165, 1.54) is 4.90 Å². The van der Waals surface area contributed by atoms with Crippen molar-refractivity contribution < 1.29 is 14.0 Å². The van der Waals surface area contributed by atoms with Crippen molar-refractivity contribution >= 4 is 29.1 Å². The summed E-state index contributed by atoms with van der Waals surface area (Å²) in [4.78, 5) is 26.0. The van der Waals surface area contributed by atoms with Crippen molar-refractivity contribution in [2.45, 2.75) is 6.92 Å². The minimum Gasteiger partial charge on any atom is -0.451 e. The summed E-state index contributed by atoms with van der Waals surface area (Å²) in [5, 5.41) is 3.39. The maximum absolute atomic E-state index is 12.5. The van der Waals surface area contributed by atoms with Gasteiger partial charge in [-0.05, 0) is 55.5 Å². The molecule has 0 atom stereocenters. The Bertz CT molecular complexity index is 946. The van der Waals surface area contributed by atoms with Crippen molar-refractivity contribution in [3.63, 3.8) is 0 Å². The molecule has 0 aliphatic rings. The van der Waals surface area contributed by atoms with Crippen LogP contribution in [0, 0.1) is 6.92 Å². The van der Waals surface area contributed by atoms with Gasteiger partial charge in [-0.25, -0.2) is 0 Å². The number of hydrogen-bond donors (Lipinski definition) is 1. The van der Waals surface area contributed by atoms with Crippen LogP contribution >= 0.6 is 11.6 Å².